The van der Waals surface area contributed by atoms with E-state index >= 15 is 0 Å². The van der Waals surface area contributed by atoms with Gasteiger partial charge in [-0.15, -0.1) is 0 Å². The van der Waals surface area contributed by atoms with Crippen LogP contribution in [-0.2, 0) is 4.79 Å². The number of aromatic nitrogens is 1. The number of carbonyl (C=O) groups excluding carboxylic acids is 1. The van der Waals surface area contributed by atoms with E-state index < -0.39 is 0 Å². The minimum absolute atomic E-state index is 0.245. The zero-order valence-electron chi connectivity index (χ0n) is 15.1. The third kappa shape index (κ3) is 3.59. The second-order valence-corrected chi connectivity index (χ2v) is 8.01. The first kappa shape index (κ1) is 17.3. The Morgan fingerprint density at radius 3 is 2.62 bits per heavy atom. The molecule has 128 valence electrons. The minimum Gasteiger partial charge on any atom is -0.342 e. The van der Waals surface area contributed by atoms with Crippen LogP contribution in [0, 0.1) is 26.7 Å². The second kappa shape index (κ2) is 7.14. The topological polar surface area (TPSA) is 33.2 Å². The number of hydrogen-bond donors (Lipinski definition) is 0. The van der Waals surface area contributed by atoms with Crippen LogP contribution in [0.1, 0.15) is 36.5 Å². The van der Waals surface area contributed by atoms with Gasteiger partial charge in [-0.05, 0) is 62.3 Å². The van der Waals surface area contributed by atoms with Gasteiger partial charge in [0.2, 0.25) is 5.91 Å². The molecule has 1 aromatic heterocycles. The number of benzene rings is 1. The van der Waals surface area contributed by atoms with E-state index in [9.17, 15) is 4.79 Å². The number of piperidine rings is 1. The van der Waals surface area contributed by atoms with Crippen molar-refractivity contribution >= 4 is 28.6 Å². The standard InChI is InChI=1S/C20H26N2OS/c1-13-7-9-22(10-8-13)18(23)12-24-20-15(3)11-17-6-5-14(2)16(4)19(17)21-20/h5-6,11,13H,7-10,12H2,1-4H3. The molecule has 1 saturated heterocycles. The number of fused-ring (bicyclic) bond motifs is 1. The number of carbonyl (C=O) groups is 1. The average molecular weight is 343 g/mol. The van der Waals surface area contributed by atoms with E-state index in [0.29, 0.717) is 5.75 Å². The molecule has 1 aromatic carbocycles. The highest BCUT2D eigenvalue weighted by atomic mass is 32.2. The molecule has 4 heteroatoms. The third-order valence-electron chi connectivity index (χ3n) is 5.12. The molecule has 0 unspecified atom stereocenters. The summed E-state index contributed by atoms with van der Waals surface area (Å²) < 4.78 is 0. The van der Waals surface area contributed by atoms with Gasteiger partial charge < -0.3 is 4.90 Å². The van der Waals surface area contributed by atoms with Gasteiger partial charge >= 0.3 is 0 Å². The van der Waals surface area contributed by atoms with E-state index in [4.69, 9.17) is 4.98 Å². The fourth-order valence-corrected chi connectivity index (χ4v) is 4.08. The lowest BCUT2D eigenvalue weighted by Gasteiger charge is -2.30. The Balaban J connectivity index is 1.74. The van der Waals surface area contributed by atoms with Gasteiger partial charge in [0.1, 0.15) is 5.03 Å². The minimum atomic E-state index is 0.245. The molecule has 0 spiro atoms. The molecule has 0 bridgehead atoms. The summed E-state index contributed by atoms with van der Waals surface area (Å²) in [4.78, 5) is 19.3. The molecule has 3 rings (SSSR count). The lowest BCUT2D eigenvalue weighted by Crippen LogP contribution is -2.38. The summed E-state index contributed by atoms with van der Waals surface area (Å²) in [5.41, 5.74) is 4.69. The van der Waals surface area contributed by atoms with Crippen molar-refractivity contribution in [3.63, 3.8) is 0 Å². The number of aryl methyl sites for hydroxylation is 3. The average Bonchev–Trinajstić information content (AvgIpc) is 2.57. The molecule has 0 N–H and O–H groups in total. The molecule has 1 aliphatic heterocycles. The maximum Gasteiger partial charge on any atom is 0.232 e. The highest BCUT2D eigenvalue weighted by Crippen LogP contribution is 2.28. The van der Waals surface area contributed by atoms with Crippen molar-refractivity contribution in [1.82, 2.24) is 9.88 Å². The van der Waals surface area contributed by atoms with E-state index in [0.717, 1.165) is 48.0 Å². The predicted octanol–water partition coefficient (Wildman–Crippen LogP) is 4.51. The SMILES string of the molecule is Cc1cc2ccc(C)c(C)c2nc1SCC(=O)N1CCC(C)CC1. The summed E-state index contributed by atoms with van der Waals surface area (Å²) in [7, 11) is 0. The van der Waals surface area contributed by atoms with Crippen LogP contribution in [0.25, 0.3) is 10.9 Å². The second-order valence-electron chi connectivity index (χ2n) is 7.04. The quantitative estimate of drug-likeness (QED) is 0.770. The molecular formula is C20H26N2OS. The van der Waals surface area contributed by atoms with Crippen molar-refractivity contribution in [1.29, 1.82) is 0 Å². The molecule has 2 heterocycles. The van der Waals surface area contributed by atoms with Gasteiger partial charge in [-0.2, -0.15) is 0 Å². The molecule has 0 atom stereocenters. The van der Waals surface area contributed by atoms with Gasteiger partial charge in [-0.25, -0.2) is 4.98 Å². The summed E-state index contributed by atoms with van der Waals surface area (Å²) in [6.07, 6.45) is 2.25. The van der Waals surface area contributed by atoms with E-state index in [1.807, 2.05) is 4.90 Å². The normalized spacial score (nSPS) is 15.9. The first-order valence-electron chi connectivity index (χ1n) is 8.74. The number of hydrogen-bond acceptors (Lipinski definition) is 3. The lowest BCUT2D eigenvalue weighted by molar-refractivity contribution is -0.129. The van der Waals surface area contributed by atoms with E-state index in [2.05, 4.69) is 45.9 Å². The molecule has 1 amide bonds. The first-order valence-corrected chi connectivity index (χ1v) is 9.72. The van der Waals surface area contributed by atoms with Crippen LogP contribution in [0.5, 0.6) is 0 Å². The Morgan fingerprint density at radius 2 is 1.92 bits per heavy atom. The van der Waals surface area contributed by atoms with Gasteiger partial charge in [0.05, 0.1) is 11.3 Å². The Labute approximate surface area is 148 Å². The molecule has 0 aliphatic carbocycles. The number of nitrogens with zero attached hydrogens (tertiary/aromatic N) is 2. The van der Waals surface area contributed by atoms with Gasteiger partial charge in [-0.3, -0.25) is 4.79 Å². The summed E-state index contributed by atoms with van der Waals surface area (Å²) in [6, 6.07) is 6.46. The number of rotatable bonds is 3. The highest BCUT2D eigenvalue weighted by Gasteiger charge is 2.20. The molecular weight excluding hydrogens is 316 g/mol. The maximum atomic E-state index is 12.5. The maximum absolute atomic E-state index is 12.5. The van der Waals surface area contributed by atoms with Crippen molar-refractivity contribution in [2.75, 3.05) is 18.8 Å². The van der Waals surface area contributed by atoms with Crippen molar-refractivity contribution < 1.29 is 4.79 Å². The van der Waals surface area contributed by atoms with Crippen LogP contribution >= 0.6 is 11.8 Å². The molecule has 2 aromatic rings. The zero-order valence-corrected chi connectivity index (χ0v) is 15.9. The Kier molecular flexibility index (Phi) is 5.14. The van der Waals surface area contributed by atoms with Gasteiger partial charge in [0, 0.05) is 18.5 Å². The number of pyridine rings is 1. The monoisotopic (exact) mass is 342 g/mol. The summed E-state index contributed by atoms with van der Waals surface area (Å²) >= 11 is 1.58. The first-order chi connectivity index (χ1) is 11.5. The molecule has 1 fully saturated rings. The zero-order chi connectivity index (χ0) is 17.3. The van der Waals surface area contributed by atoms with Crippen LogP contribution in [0.4, 0.5) is 0 Å². The van der Waals surface area contributed by atoms with Gasteiger partial charge in [0.15, 0.2) is 0 Å². The Bertz CT molecular complexity index is 764. The van der Waals surface area contributed by atoms with Crippen LogP contribution in [-0.4, -0.2) is 34.6 Å². The lowest BCUT2D eigenvalue weighted by atomic mass is 9.99. The fourth-order valence-electron chi connectivity index (χ4n) is 3.20. The largest absolute Gasteiger partial charge is 0.342 e. The number of thioether (sulfide) groups is 1. The van der Waals surface area contributed by atoms with Crippen LogP contribution in [0.2, 0.25) is 0 Å². The number of amides is 1. The van der Waals surface area contributed by atoms with Crippen molar-refractivity contribution in [3.05, 3.63) is 34.9 Å². The van der Waals surface area contributed by atoms with Crippen LogP contribution in [0.15, 0.2) is 23.2 Å². The molecule has 0 saturated carbocycles. The molecule has 0 radical (unpaired) electrons. The van der Waals surface area contributed by atoms with Crippen LogP contribution < -0.4 is 0 Å². The summed E-state index contributed by atoms with van der Waals surface area (Å²) in [5.74, 6) is 1.48. The Hall–Kier alpha value is -1.55. The third-order valence-corrected chi connectivity index (χ3v) is 6.20. The summed E-state index contributed by atoms with van der Waals surface area (Å²) in [5, 5.41) is 2.16. The van der Waals surface area contributed by atoms with E-state index in [1.165, 1.54) is 16.5 Å². The molecule has 24 heavy (non-hydrogen) atoms. The van der Waals surface area contributed by atoms with E-state index in [-0.39, 0.29) is 5.91 Å². The van der Waals surface area contributed by atoms with Crippen molar-refractivity contribution in [3.8, 4) is 0 Å². The smallest absolute Gasteiger partial charge is 0.232 e. The van der Waals surface area contributed by atoms with Crippen LogP contribution in [0.3, 0.4) is 0 Å². The Morgan fingerprint density at radius 1 is 1.21 bits per heavy atom. The molecule has 3 nitrogen and oxygen atoms in total. The number of likely N-dealkylation sites (tertiary alicyclic amines) is 1. The van der Waals surface area contributed by atoms with E-state index in [1.54, 1.807) is 11.8 Å². The highest BCUT2D eigenvalue weighted by molar-refractivity contribution is 7.99. The molecule has 1 aliphatic rings. The predicted molar refractivity (Wildman–Crippen MR) is 102 cm³/mol. The van der Waals surface area contributed by atoms with Crippen molar-refractivity contribution in [2.24, 2.45) is 5.92 Å². The van der Waals surface area contributed by atoms with Gasteiger partial charge in [-0.1, -0.05) is 30.8 Å². The summed E-state index contributed by atoms with van der Waals surface area (Å²) in [6.45, 7) is 10.4. The van der Waals surface area contributed by atoms with Crippen molar-refractivity contribution in [2.45, 2.75) is 45.6 Å². The fraction of sp³-hybridized carbons (Fsp3) is 0.500. The van der Waals surface area contributed by atoms with Gasteiger partial charge in [0.25, 0.3) is 0 Å².